The average molecular weight is 518 g/mol. The maximum absolute atomic E-state index is 13.7. The summed E-state index contributed by atoms with van der Waals surface area (Å²) in [6, 6.07) is 11.6. The Bertz CT molecular complexity index is 1180. The van der Waals surface area contributed by atoms with Crippen LogP contribution >= 0.6 is 0 Å². The van der Waals surface area contributed by atoms with Gasteiger partial charge in [0.2, 0.25) is 28.6 Å². The lowest BCUT2D eigenvalue weighted by Crippen LogP contribution is -2.51. The highest BCUT2D eigenvalue weighted by molar-refractivity contribution is 7.92. The second-order valence-corrected chi connectivity index (χ2v) is 11.0. The number of nitrogens with zero attached hydrogens (tertiary/aromatic N) is 2. The number of anilines is 1. The lowest BCUT2D eigenvalue weighted by atomic mass is 10.1. The van der Waals surface area contributed by atoms with Crippen LogP contribution in [0.15, 0.2) is 42.5 Å². The van der Waals surface area contributed by atoms with Crippen LogP contribution in [0.2, 0.25) is 0 Å². The maximum atomic E-state index is 13.7. The van der Waals surface area contributed by atoms with Gasteiger partial charge in [-0.25, -0.2) is 8.42 Å². The van der Waals surface area contributed by atoms with Crippen LogP contribution in [0.4, 0.5) is 5.69 Å². The minimum absolute atomic E-state index is 0.0488. The fourth-order valence-electron chi connectivity index (χ4n) is 3.89. The fraction of sp³-hybridized carbons (Fsp3) is 0.462. The first kappa shape index (κ1) is 27.3. The van der Waals surface area contributed by atoms with Gasteiger partial charge in [0.1, 0.15) is 12.6 Å². The van der Waals surface area contributed by atoms with Gasteiger partial charge in [-0.2, -0.15) is 0 Å². The van der Waals surface area contributed by atoms with Gasteiger partial charge in [0, 0.05) is 19.2 Å². The van der Waals surface area contributed by atoms with Crippen molar-refractivity contribution >= 4 is 27.5 Å². The van der Waals surface area contributed by atoms with Crippen molar-refractivity contribution in [1.29, 1.82) is 0 Å². The fourth-order valence-corrected chi connectivity index (χ4v) is 4.94. The number of unbranched alkanes of at least 4 members (excludes halogenated alkanes) is 1. The zero-order chi connectivity index (χ0) is 26.3. The van der Waals surface area contributed by atoms with Crippen LogP contribution in [0.1, 0.15) is 44.7 Å². The van der Waals surface area contributed by atoms with Gasteiger partial charge in [0.05, 0.1) is 11.4 Å². The third-order valence-electron chi connectivity index (χ3n) is 6.06. The molecule has 1 N–H and O–H groups in total. The molecule has 1 heterocycles. The molecule has 36 heavy (non-hydrogen) atoms. The lowest BCUT2D eigenvalue weighted by molar-refractivity contribution is -0.139. The molecule has 0 spiro atoms. The van der Waals surface area contributed by atoms with Crippen molar-refractivity contribution in [3.8, 4) is 11.5 Å². The van der Waals surface area contributed by atoms with E-state index in [-0.39, 0.29) is 25.0 Å². The van der Waals surface area contributed by atoms with E-state index in [1.54, 1.807) is 25.1 Å². The molecule has 196 valence electrons. The van der Waals surface area contributed by atoms with Crippen LogP contribution in [0, 0.1) is 6.92 Å². The normalized spacial score (nSPS) is 13.2. The smallest absolute Gasteiger partial charge is 0.244 e. The molecule has 9 nitrogen and oxygen atoms in total. The van der Waals surface area contributed by atoms with E-state index in [1.807, 2.05) is 38.1 Å². The van der Waals surface area contributed by atoms with Crippen LogP contribution in [0.5, 0.6) is 11.5 Å². The standard InChI is InChI=1S/C26H35N3O6S/c1-5-7-13-27-26(31)20(4)28(16-21-10-8-9-19(3)14-21)25(30)17-29(36(32,33)6-2)22-11-12-23-24(15-22)35-18-34-23/h8-12,14-15,20H,5-7,13,16-18H2,1-4H3,(H,27,31)/t20-/m0/s1. The number of carbonyl (C=O) groups excluding carboxylic acids is 2. The number of hydrogen-bond donors (Lipinski definition) is 1. The topological polar surface area (TPSA) is 105 Å². The predicted molar refractivity (Wildman–Crippen MR) is 138 cm³/mol. The first-order valence-corrected chi connectivity index (χ1v) is 13.8. The monoisotopic (exact) mass is 517 g/mol. The number of rotatable bonds is 12. The average Bonchev–Trinajstić information content (AvgIpc) is 3.33. The number of amides is 2. The second kappa shape index (κ2) is 12.1. The summed E-state index contributed by atoms with van der Waals surface area (Å²) < 4.78 is 37.9. The Morgan fingerprint density at radius 3 is 2.53 bits per heavy atom. The van der Waals surface area contributed by atoms with E-state index in [1.165, 1.54) is 11.8 Å². The Kier molecular flexibility index (Phi) is 9.19. The van der Waals surface area contributed by atoms with Crippen LogP contribution in [0.25, 0.3) is 0 Å². The molecule has 0 bridgehead atoms. The number of nitrogens with one attached hydrogen (secondary N) is 1. The van der Waals surface area contributed by atoms with Crippen LogP contribution in [-0.4, -0.2) is 56.8 Å². The summed E-state index contributed by atoms with van der Waals surface area (Å²) in [6.45, 7) is 7.45. The Balaban J connectivity index is 1.91. The molecule has 1 aliphatic heterocycles. The predicted octanol–water partition coefficient (Wildman–Crippen LogP) is 3.21. The first-order chi connectivity index (χ1) is 17.2. The molecule has 0 unspecified atom stereocenters. The summed E-state index contributed by atoms with van der Waals surface area (Å²) in [5.74, 6) is -0.0321. The van der Waals surface area contributed by atoms with E-state index < -0.39 is 28.5 Å². The van der Waals surface area contributed by atoms with E-state index in [4.69, 9.17) is 9.47 Å². The zero-order valence-corrected chi connectivity index (χ0v) is 22.1. The van der Waals surface area contributed by atoms with Gasteiger partial charge in [-0.3, -0.25) is 13.9 Å². The molecule has 0 aromatic heterocycles. The maximum Gasteiger partial charge on any atom is 0.244 e. The summed E-state index contributed by atoms with van der Waals surface area (Å²) in [5, 5.41) is 2.88. The number of ether oxygens (including phenoxy) is 2. The molecular weight excluding hydrogens is 482 g/mol. The molecule has 0 saturated heterocycles. The molecule has 0 radical (unpaired) electrons. The van der Waals surface area contributed by atoms with E-state index in [9.17, 15) is 18.0 Å². The number of aryl methyl sites for hydroxylation is 1. The van der Waals surface area contributed by atoms with Crippen LogP contribution in [-0.2, 0) is 26.2 Å². The Hall–Kier alpha value is -3.27. The van der Waals surface area contributed by atoms with Crippen molar-refractivity contribution in [2.45, 2.75) is 53.1 Å². The van der Waals surface area contributed by atoms with E-state index in [0.717, 1.165) is 28.3 Å². The highest BCUT2D eigenvalue weighted by Gasteiger charge is 2.31. The molecule has 2 aromatic rings. The highest BCUT2D eigenvalue weighted by atomic mass is 32.2. The molecule has 0 fully saturated rings. The van der Waals surface area contributed by atoms with Gasteiger partial charge in [0.15, 0.2) is 11.5 Å². The molecular formula is C26H35N3O6S. The number of benzene rings is 2. The Labute approximate surface area is 213 Å². The van der Waals surface area contributed by atoms with Crippen molar-refractivity contribution in [3.63, 3.8) is 0 Å². The van der Waals surface area contributed by atoms with Crippen LogP contribution < -0.4 is 19.1 Å². The molecule has 1 aliphatic rings. The van der Waals surface area contributed by atoms with Gasteiger partial charge in [-0.1, -0.05) is 43.2 Å². The molecule has 0 aliphatic carbocycles. The number of carbonyl (C=O) groups is 2. The van der Waals surface area contributed by atoms with Crippen molar-refractivity contribution in [1.82, 2.24) is 10.2 Å². The molecule has 2 amide bonds. The van der Waals surface area contributed by atoms with Crippen molar-refractivity contribution < 1.29 is 27.5 Å². The summed E-state index contributed by atoms with van der Waals surface area (Å²) in [5.41, 5.74) is 2.17. The molecule has 2 aromatic carbocycles. The van der Waals surface area contributed by atoms with Crippen molar-refractivity contribution in [3.05, 3.63) is 53.6 Å². The minimum Gasteiger partial charge on any atom is -0.454 e. The van der Waals surface area contributed by atoms with E-state index in [0.29, 0.717) is 23.7 Å². The summed E-state index contributed by atoms with van der Waals surface area (Å²) in [4.78, 5) is 28.0. The zero-order valence-electron chi connectivity index (χ0n) is 21.3. The quantitative estimate of drug-likeness (QED) is 0.434. The van der Waals surface area contributed by atoms with Gasteiger partial charge < -0.3 is 19.7 Å². The second-order valence-electron chi connectivity index (χ2n) is 8.78. The van der Waals surface area contributed by atoms with Crippen molar-refractivity contribution in [2.75, 3.05) is 29.9 Å². The van der Waals surface area contributed by atoms with Crippen LogP contribution in [0.3, 0.4) is 0 Å². The van der Waals surface area contributed by atoms with Gasteiger partial charge in [0.25, 0.3) is 0 Å². The van der Waals surface area contributed by atoms with E-state index in [2.05, 4.69) is 5.32 Å². The lowest BCUT2D eigenvalue weighted by Gasteiger charge is -2.32. The summed E-state index contributed by atoms with van der Waals surface area (Å²) in [6.07, 6.45) is 1.76. The number of sulfonamides is 1. The Morgan fingerprint density at radius 1 is 1.08 bits per heavy atom. The first-order valence-electron chi connectivity index (χ1n) is 12.2. The minimum atomic E-state index is -3.81. The molecule has 1 atom stereocenters. The number of fused-ring (bicyclic) bond motifs is 1. The molecule has 10 heteroatoms. The summed E-state index contributed by atoms with van der Waals surface area (Å²) >= 11 is 0. The third-order valence-corrected chi connectivity index (χ3v) is 7.80. The largest absolute Gasteiger partial charge is 0.454 e. The van der Waals surface area contributed by atoms with Gasteiger partial charge in [-0.05, 0) is 44.9 Å². The molecule has 0 saturated carbocycles. The number of hydrogen-bond acceptors (Lipinski definition) is 6. The van der Waals surface area contributed by atoms with Gasteiger partial charge in [-0.15, -0.1) is 0 Å². The van der Waals surface area contributed by atoms with Crippen molar-refractivity contribution in [2.24, 2.45) is 0 Å². The van der Waals surface area contributed by atoms with E-state index >= 15 is 0 Å². The Morgan fingerprint density at radius 2 is 1.83 bits per heavy atom. The van der Waals surface area contributed by atoms with Gasteiger partial charge >= 0.3 is 0 Å². The SMILES string of the molecule is CCCCNC(=O)[C@H](C)N(Cc1cccc(C)c1)C(=O)CN(c1ccc2c(c1)OCO2)S(=O)(=O)CC. The summed E-state index contributed by atoms with van der Waals surface area (Å²) in [7, 11) is -3.81. The third kappa shape index (κ3) is 6.69. The highest BCUT2D eigenvalue weighted by Crippen LogP contribution is 2.36. The molecule has 3 rings (SSSR count).